The Hall–Kier alpha value is -2.66. The number of ether oxygens (including phenoxy) is 3. The van der Waals surface area contributed by atoms with Crippen molar-refractivity contribution in [3.05, 3.63) is 29.9 Å². The molecule has 0 unspecified atom stereocenters. The van der Waals surface area contributed by atoms with E-state index in [0.717, 1.165) is 0 Å². The van der Waals surface area contributed by atoms with Gasteiger partial charge in [-0.1, -0.05) is 25.9 Å². The van der Waals surface area contributed by atoms with Gasteiger partial charge in [0, 0.05) is 24.4 Å². The number of aromatic nitrogens is 2. The van der Waals surface area contributed by atoms with E-state index in [1.165, 1.54) is 12.1 Å². The molecule has 1 aliphatic heterocycles. The largest absolute Gasteiger partial charge is 0.486 e. The Kier molecular flexibility index (Phi) is 6.61. The average Bonchev–Trinajstić information content (AvgIpc) is 3.19. The molecular formula is C19H25N3O7S. The molecule has 2 aromatic rings. The Morgan fingerprint density at radius 1 is 1.20 bits per heavy atom. The van der Waals surface area contributed by atoms with Crippen molar-refractivity contribution in [1.29, 1.82) is 0 Å². The number of carbonyl (C=O) groups excluding carboxylic acids is 1. The number of hydrogen-bond acceptors (Lipinski definition) is 9. The molecule has 1 aromatic heterocycles. The zero-order chi connectivity index (χ0) is 21.8. The fourth-order valence-corrected chi connectivity index (χ4v) is 3.64. The fourth-order valence-electron chi connectivity index (χ4n) is 2.55. The van der Waals surface area contributed by atoms with Crippen LogP contribution in [0, 0.1) is 0 Å². The average molecular weight is 439 g/mol. The predicted octanol–water partition coefficient (Wildman–Crippen LogP) is 1.94. The van der Waals surface area contributed by atoms with Gasteiger partial charge in [-0.15, -0.1) is 0 Å². The molecule has 164 valence electrons. The van der Waals surface area contributed by atoms with Crippen LogP contribution in [0.5, 0.6) is 11.5 Å². The fraction of sp³-hybridized carbons (Fsp3) is 0.526. The summed E-state index contributed by atoms with van der Waals surface area (Å²) in [5, 5.41) is 3.85. The lowest BCUT2D eigenvalue weighted by Crippen LogP contribution is -2.25. The van der Waals surface area contributed by atoms with Gasteiger partial charge in [-0.3, -0.25) is 4.79 Å². The first-order valence-corrected chi connectivity index (χ1v) is 11.0. The highest BCUT2D eigenvalue weighted by Crippen LogP contribution is 2.32. The molecule has 0 spiro atoms. The normalized spacial score (nSPS) is 13.8. The highest BCUT2D eigenvalue weighted by molar-refractivity contribution is 7.89. The molecular weight excluding hydrogens is 414 g/mol. The molecule has 1 aliphatic rings. The molecule has 0 bridgehead atoms. The van der Waals surface area contributed by atoms with Crippen LogP contribution in [-0.4, -0.2) is 44.3 Å². The van der Waals surface area contributed by atoms with Crippen molar-refractivity contribution < 1.29 is 31.9 Å². The van der Waals surface area contributed by atoms with Gasteiger partial charge < -0.3 is 18.7 Å². The van der Waals surface area contributed by atoms with Gasteiger partial charge in [0.1, 0.15) is 13.2 Å². The minimum atomic E-state index is -3.73. The zero-order valence-electron chi connectivity index (χ0n) is 17.1. The molecule has 0 amide bonds. The monoisotopic (exact) mass is 439 g/mol. The first kappa shape index (κ1) is 22.0. The number of nitrogens with zero attached hydrogens (tertiary/aromatic N) is 2. The molecule has 30 heavy (non-hydrogen) atoms. The summed E-state index contributed by atoms with van der Waals surface area (Å²) >= 11 is 0. The van der Waals surface area contributed by atoms with Crippen molar-refractivity contribution in [1.82, 2.24) is 14.9 Å². The van der Waals surface area contributed by atoms with Crippen molar-refractivity contribution in [3.8, 4) is 11.5 Å². The first-order chi connectivity index (χ1) is 14.1. The highest BCUT2D eigenvalue weighted by Gasteiger charge is 2.22. The van der Waals surface area contributed by atoms with Crippen LogP contribution in [0.4, 0.5) is 0 Å². The van der Waals surface area contributed by atoms with Gasteiger partial charge in [-0.25, -0.2) is 13.1 Å². The standard InChI is InChI=1S/C19H25N3O7S/c1-19(2,3)18-21-16(29-22-18)12-28-17(23)5-4-8-20-30(24,25)13-6-7-14-15(11-13)27-10-9-26-14/h6-7,11,20H,4-5,8-10,12H2,1-3H3. The van der Waals surface area contributed by atoms with Crippen LogP contribution in [0.3, 0.4) is 0 Å². The molecule has 3 rings (SSSR count). The number of sulfonamides is 1. The molecule has 10 nitrogen and oxygen atoms in total. The van der Waals surface area contributed by atoms with Crippen molar-refractivity contribution >= 4 is 16.0 Å². The van der Waals surface area contributed by atoms with Gasteiger partial charge >= 0.3 is 5.97 Å². The number of fused-ring (bicyclic) bond motifs is 1. The highest BCUT2D eigenvalue weighted by atomic mass is 32.2. The Bertz CT molecular complexity index is 996. The van der Waals surface area contributed by atoms with Gasteiger partial charge in [0.05, 0.1) is 4.90 Å². The number of hydrogen-bond donors (Lipinski definition) is 1. The molecule has 0 saturated carbocycles. The second kappa shape index (κ2) is 9.00. The van der Waals surface area contributed by atoms with Crippen LogP contribution >= 0.6 is 0 Å². The van der Waals surface area contributed by atoms with Crippen LogP contribution in [0.15, 0.2) is 27.6 Å². The number of rotatable bonds is 8. The number of esters is 1. The molecule has 2 heterocycles. The minimum Gasteiger partial charge on any atom is -0.486 e. The van der Waals surface area contributed by atoms with Gasteiger partial charge in [0.2, 0.25) is 10.0 Å². The van der Waals surface area contributed by atoms with E-state index in [2.05, 4.69) is 14.9 Å². The van der Waals surface area contributed by atoms with E-state index in [-0.39, 0.29) is 42.2 Å². The van der Waals surface area contributed by atoms with Crippen molar-refractivity contribution in [2.45, 2.75) is 50.5 Å². The summed E-state index contributed by atoms with van der Waals surface area (Å²) in [6.07, 6.45) is 0.323. The van der Waals surface area contributed by atoms with E-state index in [9.17, 15) is 13.2 Å². The van der Waals surface area contributed by atoms with E-state index in [4.69, 9.17) is 18.7 Å². The molecule has 1 aromatic carbocycles. The quantitative estimate of drug-likeness (QED) is 0.484. The van der Waals surface area contributed by atoms with Crippen molar-refractivity contribution in [3.63, 3.8) is 0 Å². The summed E-state index contributed by atoms with van der Waals surface area (Å²) in [6, 6.07) is 4.42. The smallest absolute Gasteiger partial charge is 0.306 e. The van der Waals surface area contributed by atoms with E-state index in [0.29, 0.717) is 30.5 Å². The maximum Gasteiger partial charge on any atom is 0.306 e. The van der Waals surface area contributed by atoms with Gasteiger partial charge in [-0.2, -0.15) is 4.98 Å². The summed E-state index contributed by atoms with van der Waals surface area (Å²) in [5.41, 5.74) is -0.264. The second-order valence-electron chi connectivity index (χ2n) is 7.73. The van der Waals surface area contributed by atoms with E-state index >= 15 is 0 Å². The second-order valence-corrected chi connectivity index (χ2v) is 9.50. The third kappa shape index (κ3) is 5.70. The van der Waals surface area contributed by atoms with E-state index in [1.807, 2.05) is 20.8 Å². The minimum absolute atomic E-state index is 0.0456. The summed E-state index contributed by atoms with van der Waals surface area (Å²) in [4.78, 5) is 16.1. The summed E-state index contributed by atoms with van der Waals surface area (Å²) < 4.78 is 48.2. The Morgan fingerprint density at radius 2 is 1.93 bits per heavy atom. The summed E-state index contributed by atoms with van der Waals surface area (Å²) in [7, 11) is -3.73. The topological polar surface area (TPSA) is 130 Å². The molecule has 0 radical (unpaired) electrons. The lowest BCUT2D eigenvalue weighted by molar-refractivity contribution is -0.145. The molecule has 1 N–H and O–H groups in total. The maximum atomic E-state index is 12.4. The third-order valence-corrected chi connectivity index (χ3v) is 5.63. The predicted molar refractivity (Wildman–Crippen MR) is 105 cm³/mol. The number of nitrogens with one attached hydrogen (secondary N) is 1. The number of benzene rings is 1. The van der Waals surface area contributed by atoms with Crippen LogP contribution < -0.4 is 14.2 Å². The molecule has 0 fully saturated rings. The molecule has 0 aliphatic carbocycles. The molecule has 0 atom stereocenters. The lowest BCUT2D eigenvalue weighted by atomic mass is 9.96. The molecule has 0 saturated heterocycles. The summed E-state index contributed by atoms with van der Waals surface area (Å²) in [6.45, 7) is 6.59. The van der Waals surface area contributed by atoms with Gasteiger partial charge in [0.25, 0.3) is 5.89 Å². The van der Waals surface area contributed by atoms with E-state index in [1.54, 1.807) is 6.07 Å². The van der Waals surface area contributed by atoms with Crippen LogP contribution in [0.2, 0.25) is 0 Å². The Balaban J connectivity index is 1.41. The lowest BCUT2D eigenvalue weighted by Gasteiger charge is -2.18. The Morgan fingerprint density at radius 3 is 2.63 bits per heavy atom. The van der Waals surface area contributed by atoms with Crippen molar-refractivity contribution in [2.75, 3.05) is 19.8 Å². The summed E-state index contributed by atoms with van der Waals surface area (Å²) in [5.74, 6) is 1.17. The SMILES string of the molecule is CC(C)(C)c1noc(COC(=O)CCCNS(=O)(=O)c2ccc3c(c2)OCCO3)n1. The molecule has 11 heteroatoms. The van der Waals surface area contributed by atoms with Gasteiger partial charge in [0.15, 0.2) is 23.9 Å². The van der Waals surface area contributed by atoms with Crippen LogP contribution in [0.1, 0.15) is 45.3 Å². The van der Waals surface area contributed by atoms with Crippen molar-refractivity contribution in [2.24, 2.45) is 0 Å². The van der Waals surface area contributed by atoms with Crippen LogP contribution in [-0.2, 0) is 31.6 Å². The third-order valence-electron chi connectivity index (χ3n) is 4.17. The first-order valence-electron chi connectivity index (χ1n) is 9.53. The van der Waals surface area contributed by atoms with Gasteiger partial charge in [-0.05, 0) is 18.6 Å². The Labute approximate surface area is 174 Å². The number of carbonyl (C=O) groups is 1. The maximum absolute atomic E-state index is 12.4. The zero-order valence-corrected chi connectivity index (χ0v) is 18.0. The van der Waals surface area contributed by atoms with Crippen LogP contribution in [0.25, 0.3) is 0 Å². The van der Waals surface area contributed by atoms with E-state index < -0.39 is 16.0 Å².